The molecule has 0 saturated carbocycles. The zero-order valence-electron chi connectivity index (χ0n) is 17.3. The number of nitrogens with one attached hydrogen (secondary N) is 3. The molecule has 2 amide bonds. The highest BCUT2D eigenvalue weighted by molar-refractivity contribution is 7.81. The minimum atomic E-state index is -1.42. The van der Waals surface area contributed by atoms with E-state index in [0.717, 1.165) is 10.9 Å². The third-order valence-electron chi connectivity index (χ3n) is 5.18. The molecule has 10 heteroatoms. The van der Waals surface area contributed by atoms with Crippen molar-refractivity contribution >= 4 is 47.3 Å². The van der Waals surface area contributed by atoms with Crippen LogP contribution >= 0.6 is 12.6 Å². The molecule has 0 saturated heterocycles. The van der Waals surface area contributed by atoms with Gasteiger partial charge < -0.3 is 25.8 Å². The van der Waals surface area contributed by atoms with Gasteiger partial charge in [0.05, 0.1) is 11.7 Å². The molecule has 4 unspecified atom stereocenters. The van der Waals surface area contributed by atoms with Crippen molar-refractivity contribution in [2.75, 3.05) is 0 Å². The van der Waals surface area contributed by atoms with E-state index in [-0.39, 0.29) is 12.3 Å². The zero-order chi connectivity index (χ0) is 23.1. The van der Waals surface area contributed by atoms with Gasteiger partial charge in [0.15, 0.2) is 0 Å². The van der Waals surface area contributed by atoms with Crippen LogP contribution in [0.15, 0.2) is 30.5 Å². The van der Waals surface area contributed by atoms with E-state index in [1.54, 1.807) is 6.20 Å². The molecule has 0 fully saturated rings. The number of para-hydroxylation sites is 1. The summed E-state index contributed by atoms with van der Waals surface area (Å²) in [6, 6.07) is 4.60. The maximum Gasteiger partial charge on any atom is 0.326 e. The van der Waals surface area contributed by atoms with Gasteiger partial charge in [-0.05, 0) is 17.5 Å². The molecule has 0 spiro atoms. The normalized spacial score (nSPS) is 14.9. The van der Waals surface area contributed by atoms with E-state index in [2.05, 4.69) is 28.2 Å². The molecule has 2 aromatic rings. The van der Waals surface area contributed by atoms with Crippen LogP contribution in [0.2, 0.25) is 0 Å². The number of carboxylic acid groups (broad SMARTS) is 2. The van der Waals surface area contributed by atoms with Gasteiger partial charge in [0.1, 0.15) is 12.1 Å². The number of thiol groups is 1. The monoisotopic (exact) mass is 449 g/mol. The fourth-order valence-corrected chi connectivity index (χ4v) is 3.40. The van der Waals surface area contributed by atoms with Crippen LogP contribution in [-0.4, -0.2) is 56.3 Å². The SMILES string of the molecule is CCC(C)C(S)C(=O)NC(CC(=O)O)C(=O)NC(Cc1c[nH]c2ccccc12)C(=O)O. The summed E-state index contributed by atoms with van der Waals surface area (Å²) in [6.45, 7) is 3.69. The van der Waals surface area contributed by atoms with Crippen molar-refractivity contribution in [3.8, 4) is 0 Å². The van der Waals surface area contributed by atoms with Crippen molar-refractivity contribution in [3.63, 3.8) is 0 Å². The molecule has 9 nitrogen and oxygen atoms in total. The molecule has 0 radical (unpaired) electrons. The Balaban J connectivity index is 2.15. The molecule has 1 heterocycles. The van der Waals surface area contributed by atoms with Gasteiger partial charge in [-0.25, -0.2) is 4.79 Å². The zero-order valence-corrected chi connectivity index (χ0v) is 18.2. The van der Waals surface area contributed by atoms with E-state index in [1.165, 1.54) is 0 Å². The van der Waals surface area contributed by atoms with Crippen molar-refractivity contribution < 1.29 is 29.4 Å². The van der Waals surface area contributed by atoms with Gasteiger partial charge in [0.25, 0.3) is 0 Å². The van der Waals surface area contributed by atoms with Crippen molar-refractivity contribution in [2.24, 2.45) is 5.92 Å². The van der Waals surface area contributed by atoms with Gasteiger partial charge in [0.2, 0.25) is 11.8 Å². The molecule has 0 aliphatic heterocycles. The number of aromatic nitrogens is 1. The molecule has 4 atom stereocenters. The van der Waals surface area contributed by atoms with Gasteiger partial charge in [0, 0.05) is 23.5 Å². The Labute approximate surface area is 185 Å². The van der Waals surface area contributed by atoms with Crippen LogP contribution in [0, 0.1) is 5.92 Å². The second-order valence-corrected chi connectivity index (χ2v) is 8.01. The molecule has 1 aromatic carbocycles. The summed E-state index contributed by atoms with van der Waals surface area (Å²) in [4.78, 5) is 51.1. The Bertz CT molecular complexity index is 959. The highest BCUT2D eigenvalue weighted by Crippen LogP contribution is 2.19. The lowest BCUT2D eigenvalue weighted by Crippen LogP contribution is -2.54. The fourth-order valence-electron chi connectivity index (χ4n) is 3.12. The number of carboxylic acids is 2. The second-order valence-electron chi connectivity index (χ2n) is 7.45. The number of aromatic amines is 1. The number of hydrogen-bond donors (Lipinski definition) is 6. The minimum Gasteiger partial charge on any atom is -0.481 e. The number of H-pyrrole nitrogens is 1. The van der Waals surface area contributed by atoms with Crippen LogP contribution in [-0.2, 0) is 25.6 Å². The first-order valence-corrected chi connectivity index (χ1v) is 10.4. The standard InChI is InChI=1S/C21H27N3O6S/c1-3-11(2)18(31)20(28)23-15(9-17(25)26)19(27)24-16(21(29)30)8-12-10-22-14-7-5-4-6-13(12)14/h4-7,10-11,15-16,18,22,31H,3,8-9H2,1-2H3,(H,23,28)(H,24,27)(H,25,26)(H,29,30). The summed E-state index contributed by atoms with van der Waals surface area (Å²) >= 11 is 4.24. The topological polar surface area (TPSA) is 149 Å². The molecule has 2 rings (SSSR count). The molecular formula is C21H27N3O6S. The fraction of sp³-hybridized carbons (Fsp3) is 0.429. The largest absolute Gasteiger partial charge is 0.481 e. The number of carbonyl (C=O) groups excluding carboxylic acids is 2. The maximum atomic E-state index is 12.7. The van der Waals surface area contributed by atoms with Crippen molar-refractivity contribution in [3.05, 3.63) is 36.0 Å². The summed E-state index contributed by atoms with van der Waals surface area (Å²) in [7, 11) is 0. The van der Waals surface area contributed by atoms with Crippen LogP contribution in [0.25, 0.3) is 10.9 Å². The van der Waals surface area contributed by atoms with Crippen LogP contribution < -0.4 is 10.6 Å². The van der Waals surface area contributed by atoms with E-state index >= 15 is 0 Å². The molecule has 0 aliphatic rings. The smallest absolute Gasteiger partial charge is 0.326 e. The number of fused-ring (bicyclic) bond motifs is 1. The van der Waals surface area contributed by atoms with Gasteiger partial charge >= 0.3 is 11.9 Å². The molecule has 5 N–H and O–H groups in total. The summed E-state index contributed by atoms with van der Waals surface area (Å²) in [5.74, 6) is -4.13. The molecule has 0 bridgehead atoms. The quantitative estimate of drug-likeness (QED) is 0.287. The third-order valence-corrected chi connectivity index (χ3v) is 5.92. The van der Waals surface area contributed by atoms with E-state index in [0.29, 0.717) is 12.0 Å². The van der Waals surface area contributed by atoms with Gasteiger partial charge in [-0.3, -0.25) is 14.4 Å². The average Bonchev–Trinajstić information content (AvgIpc) is 3.13. The number of hydrogen-bond acceptors (Lipinski definition) is 5. The first kappa shape index (κ1) is 24.3. The number of aliphatic carboxylic acids is 2. The van der Waals surface area contributed by atoms with Crippen molar-refractivity contribution in [1.29, 1.82) is 0 Å². The molecule has 1 aromatic heterocycles. The van der Waals surface area contributed by atoms with Crippen LogP contribution in [0.3, 0.4) is 0 Å². The lowest BCUT2D eigenvalue weighted by atomic mass is 10.0. The van der Waals surface area contributed by atoms with Gasteiger partial charge in [-0.2, -0.15) is 12.6 Å². The summed E-state index contributed by atoms with van der Waals surface area (Å²) in [6.07, 6.45) is 1.64. The Kier molecular flexibility index (Phi) is 8.49. The van der Waals surface area contributed by atoms with E-state index in [9.17, 15) is 24.3 Å². The first-order chi connectivity index (χ1) is 14.6. The molecule has 0 aliphatic carbocycles. The van der Waals surface area contributed by atoms with Gasteiger partial charge in [-0.15, -0.1) is 0 Å². The molecule has 31 heavy (non-hydrogen) atoms. The second kappa shape index (κ2) is 10.9. The lowest BCUT2D eigenvalue weighted by Gasteiger charge is -2.23. The van der Waals surface area contributed by atoms with Crippen molar-refractivity contribution in [2.45, 2.75) is 50.4 Å². The third kappa shape index (κ3) is 6.48. The highest BCUT2D eigenvalue weighted by Gasteiger charge is 2.31. The Morgan fingerprint density at radius 3 is 2.32 bits per heavy atom. The number of amides is 2. The van der Waals surface area contributed by atoms with E-state index in [4.69, 9.17) is 5.11 Å². The highest BCUT2D eigenvalue weighted by atomic mass is 32.1. The first-order valence-electron chi connectivity index (χ1n) is 9.92. The lowest BCUT2D eigenvalue weighted by molar-refractivity contribution is -0.143. The minimum absolute atomic E-state index is 0.0130. The summed E-state index contributed by atoms with van der Waals surface area (Å²) in [5, 5.41) is 23.6. The Hall–Kier alpha value is -3.01. The number of rotatable bonds is 11. The predicted molar refractivity (Wildman–Crippen MR) is 118 cm³/mol. The van der Waals surface area contributed by atoms with Gasteiger partial charge in [-0.1, -0.05) is 38.5 Å². The van der Waals surface area contributed by atoms with Crippen LogP contribution in [0.1, 0.15) is 32.3 Å². The Morgan fingerprint density at radius 2 is 1.71 bits per heavy atom. The van der Waals surface area contributed by atoms with Crippen LogP contribution in [0.5, 0.6) is 0 Å². The summed E-state index contributed by atoms with van der Waals surface area (Å²) in [5.41, 5.74) is 1.52. The van der Waals surface area contributed by atoms with E-state index < -0.39 is 47.5 Å². The number of carbonyl (C=O) groups is 4. The number of benzene rings is 1. The average molecular weight is 450 g/mol. The summed E-state index contributed by atoms with van der Waals surface area (Å²) < 4.78 is 0. The van der Waals surface area contributed by atoms with Crippen LogP contribution in [0.4, 0.5) is 0 Å². The predicted octanol–water partition coefficient (Wildman–Crippen LogP) is 1.58. The van der Waals surface area contributed by atoms with E-state index in [1.807, 2.05) is 38.1 Å². The van der Waals surface area contributed by atoms with Crippen molar-refractivity contribution in [1.82, 2.24) is 15.6 Å². The molecular weight excluding hydrogens is 422 g/mol. The Morgan fingerprint density at radius 1 is 1.06 bits per heavy atom. The maximum absolute atomic E-state index is 12.7. The molecule has 168 valence electrons.